The van der Waals surface area contributed by atoms with Crippen LogP contribution in [0.4, 0.5) is 0 Å². The Morgan fingerprint density at radius 2 is 1.88 bits per heavy atom. The first kappa shape index (κ1) is 18.5. The largest absolute Gasteiger partial charge is 0.351 e. The minimum absolute atomic E-state index is 0.0915. The molecule has 0 spiro atoms. The maximum atomic E-state index is 12.8. The summed E-state index contributed by atoms with van der Waals surface area (Å²) in [4.78, 5) is 12.8. The van der Waals surface area contributed by atoms with Crippen LogP contribution in [-0.2, 0) is 16.8 Å². The zero-order chi connectivity index (χ0) is 18.7. The number of carbonyl (C=O) groups is 1. The molecule has 0 bridgehead atoms. The number of hydrogen-bond acceptors (Lipinski definition) is 2. The van der Waals surface area contributed by atoms with E-state index in [2.05, 4.69) is 10.4 Å². The van der Waals surface area contributed by atoms with Crippen LogP contribution in [0.1, 0.15) is 25.0 Å². The Morgan fingerprint density at radius 1 is 1.12 bits per heavy atom. The summed E-state index contributed by atoms with van der Waals surface area (Å²) in [6.07, 6.45) is 3.60. The molecular formula is C20H19Cl2N3O. The summed E-state index contributed by atoms with van der Waals surface area (Å²) >= 11 is 12.1. The summed E-state index contributed by atoms with van der Waals surface area (Å²) < 4.78 is 1.78. The van der Waals surface area contributed by atoms with Crippen LogP contribution >= 0.6 is 23.2 Å². The van der Waals surface area contributed by atoms with Crippen molar-refractivity contribution in [3.63, 3.8) is 0 Å². The summed E-state index contributed by atoms with van der Waals surface area (Å²) in [7, 11) is 0. The highest BCUT2D eigenvalue weighted by Gasteiger charge is 2.30. The van der Waals surface area contributed by atoms with E-state index in [9.17, 15) is 4.79 Å². The highest BCUT2D eigenvalue weighted by molar-refractivity contribution is 6.42. The SMILES string of the molecule is CC(C)(C(=O)NCc1ccccc1-n1cccn1)c1ccc(Cl)c(Cl)c1. The fourth-order valence-corrected chi connectivity index (χ4v) is 3.01. The van der Waals surface area contributed by atoms with Crippen LogP contribution in [0, 0.1) is 0 Å². The van der Waals surface area contributed by atoms with Crippen molar-refractivity contribution in [2.24, 2.45) is 0 Å². The molecule has 3 aromatic rings. The van der Waals surface area contributed by atoms with Crippen LogP contribution in [0.2, 0.25) is 10.0 Å². The van der Waals surface area contributed by atoms with Crippen molar-refractivity contribution in [3.8, 4) is 5.69 Å². The molecule has 4 nitrogen and oxygen atoms in total. The third kappa shape index (κ3) is 3.76. The molecule has 3 rings (SSSR count). The first-order chi connectivity index (χ1) is 12.4. The highest BCUT2D eigenvalue weighted by atomic mass is 35.5. The fraction of sp³-hybridized carbons (Fsp3) is 0.200. The Bertz CT molecular complexity index is 921. The average Bonchev–Trinajstić information content (AvgIpc) is 3.16. The van der Waals surface area contributed by atoms with Gasteiger partial charge in [0.1, 0.15) is 0 Å². The van der Waals surface area contributed by atoms with Crippen LogP contribution in [-0.4, -0.2) is 15.7 Å². The molecule has 1 heterocycles. The Hall–Kier alpha value is -2.30. The van der Waals surface area contributed by atoms with Crippen molar-refractivity contribution in [2.75, 3.05) is 0 Å². The van der Waals surface area contributed by atoms with Gasteiger partial charge in [0.05, 0.1) is 21.1 Å². The average molecular weight is 388 g/mol. The lowest BCUT2D eigenvalue weighted by atomic mass is 9.83. The van der Waals surface area contributed by atoms with Crippen molar-refractivity contribution >= 4 is 29.1 Å². The number of amides is 1. The zero-order valence-corrected chi connectivity index (χ0v) is 16.1. The molecule has 0 aliphatic rings. The van der Waals surface area contributed by atoms with Gasteiger partial charge in [-0.3, -0.25) is 4.79 Å². The van der Waals surface area contributed by atoms with Crippen molar-refractivity contribution in [1.29, 1.82) is 0 Å². The summed E-state index contributed by atoms with van der Waals surface area (Å²) in [5.41, 5.74) is 1.99. The van der Waals surface area contributed by atoms with Gasteiger partial charge in [0.15, 0.2) is 0 Å². The lowest BCUT2D eigenvalue weighted by Crippen LogP contribution is -2.39. The first-order valence-electron chi connectivity index (χ1n) is 8.21. The number of para-hydroxylation sites is 1. The van der Waals surface area contributed by atoms with E-state index >= 15 is 0 Å². The predicted octanol–water partition coefficient (Wildman–Crippen LogP) is 4.77. The third-order valence-electron chi connectivity index (χ3n) is 4.39. The fourth-order valence-electron chi connectivity index (χ4n) is 2.71. The molecule has 134 valence electrons. The molecule has 0 atom stereocenters. The van der Waals surface area contributed by atoms with Gasteiger partial charge in [0.2, 0.25) is 5.91 Å². The molecule has 0 aliphatic heterocycles. The van der Waals surface area contributed by atoms with E-state index < -0.39 is 5.41 Å². The number of carbonyl (C=O) groups excluding carboxylic acids is 1. The Labute approximate surface area is 162 Å². The second-order valence-electron chi connectivity index (χ2n) is 6.52. The van der Waals surface area contributed by atoms with Crippen molar-refractivity contribution in [3.05, 3.63) is 82.1 Å². The van der Waals surface area contributed by atoms with Crippen LogP contribution in [0.25, 0.3) is 5.69 Å². The number of rotatable bonds is 5. The second kappa shape index (κ2) is 7.52. The lowest BCUT2D eigenvalue weighted by Gasteiger charge is -2.25. The van der Waals surface area contributed by atoms with E-state index in [0.717, 1.165) is 16.8 Å². The normalized spacial score (nSPS) is 11.4. The molecule has 6 heteroatoms. The van der Waals surface area contributed by atoms with E-state index in [-0.39, 0.29) is 5.91 Å². The van der Waals surface area contributed by atoms with Crippen molar-refractivity contribution in [1.82, 2.24) is 15.1 Å². The van der Waals surface area contributed by atoms with E-state index in [1.54, 1.807) is 23.0 Å². The van der Waals surface area contributed by atoms with Gasteiger partial charge in [-0.15, -0.1) is 0 Å². The number of aromatic nitrogens is 2. The van der Waals surface area contributed by atoms with Gasteiger partial charge in [0.25, 0.3) is 0 Å². The summed E-state index contributed by atoms with van der Waals surface area (Å²) in [5.74, 6) is -0.0915. The van der Waals surface area contributed by atoms with E-state index in [1.807, 2.05) is 56.4 Å². The zero-order valence-electron chi connectivity index (χ0n) is 14.5. The summed E-state index contributed by atoms with van der Waals surface area (Å²) in [5, 5.41) is 8.19. The molecule has 0 saturated heterocycles. The van der Waals surface area contributed by atoms with E-state index in [4.69, 9.17) is 23.2 Å². The Balaban J connectivity index is 1.78. The molecule has 0 unspecified atom stereocenters. The minimum Gasteiger partial charge on any atom is -0.351 e. The molecule has 1 amide bonds. The first-order valence-corrected chi connectivity index (χ1v) is 8.97. The molecule has 0 saturated carbocycles. The van der Waals surface area contributed by atoms with Crippen LogP contribution in [0.5, 0.6) is 0 Å². The quantitative estimate of drug-likeness (QED) is 0.684. The smallest absolute Gasteiger partial charge is 0.230 e. The van der Waals surface area contributed by atoms with Crippen LogP contribution in [0.15, 0.2) is 60.9 Å². The van der Waals surface area contributed by atoms with Gasteiger partial charge >= 0.3 is 0 Å². The predicted molar refractivity (Wildman–Crippen MR) is 105 cm³/mol. The van der Waals surface area contributed by atoms with Gasteiger partial charge in [-0.05, 0) is 49.2 Å². The monoisotopic (exact) mass is 387 g/mol. The highest BCUT2D eigenvalue weighted by Crippen LogP contribution is 2.30. The molecule has 0 aliphatic carbocycles. The summed E-state index contributed by atoms with van der Waals surface area (Å²) in [6, 6.07) is 15.0. The molecule has 1 N–H and O–H groups in total. The molecule has 0 radical (unpaired) electrons. The van der Waals surface area contributed by atoms with E-state index in [0.29, 0.717) is 16.6 Å². The van der Waals surface area contributed by atoms with Gasteiger partial charge in [-0.2, -0.15) is 5.10 Å². The third-order valence-corrected chi connectivity index (χ3v) is 5.13. The van der Waals surface area contributed by atoms with Gasteiger partial charge in [-0.1, -0.05) is 47.5 Å². The second-order valence-corrected chi connectivity index (χ2v) is 7.33. The number of nitrogens with zero attached hydrogens (tertiary/aromatic N) is 2. The Kier molecular flexibility index (Phi) is 5.35. The minimum atomic E-state index is -0.741. The number of halogens is 2. The summed E-state index contributed by atoms with van der Waals surface area (Å²) in [6.45, 7) is 4.13. The van der Waals surface area contributed by atoms with Crippen molar-refractivity contribution in [2.45, 2.75) is 25.8 Å². The Morgan fingerprint density at radius 3 is 2.58 bits per heavy atom. The standard InChI is InChI=1S/C20H19Cl2N3O/c1-20(2,15-8-9-16(21)17(22)12-15)19(26)23-13-14-6-3-4-7-18(14)25-11-5-10-24-25/h3-12H,13H2,1-2H3,(H,23,26). The molecular weight excluding hydrogens is 369 g/mol. The molecule has 26 heavy (non-hydrogen) atoms. The molecule has 1 aromatic heterocycles. The van der Waals surface area contributed by atoms with Gasteiger partial charge < -0.3 is 5.32 Å². The van der Waals surface area contributed by atoms with Gasteiger partial charge in [-0.25, -0.2) is 4.68 Å². The molecule has 2 aromatic carbocycles. The number of hydrogen-bond donors (Lipinski definition) is 1. The maximum Gasteiger partial charge on any atom is 0.230 e. The topological polar surface area (TPSA) is 46.9 Å². The maximum absolute atomic E-state index is 12.8. The van der Waals surface area contributed by atoms with Crippen molar-refractivity contribution < 1.29 is 4.79 Å². The number of benzene rings is 2. The van der Waals surface area contributed by atoms with Crippen LogP contribution < -0.4 is 5.32 Å². The lowest BCUT2D eigenvalue weighted by molar-refractivity contribution is -0.125. The van der Waals surface area contributed by atoms with Gasteiger partial charge in [0, 0.05) is 18.9 Å². The van der Waals surface area contributed by atoms with E-state index in [1.165, 1.54) is 0 Å². The number of nitrogens with one attached hydrogen (secondary N) is 1. The molecule has 0 fully saturated rings. The van der Waals surface area contributed by atoms with Crippen LogP contribution in [0.3, 0.4) is 0 Å².